The number of aromatic nitrogens is 2. The quantitative estimate of drug-likeness (QED) is 0.784. The fourth-order valence-electron chi connectivity index (χ4n) is 2.25. The molecule has 0 aliphatic rings. The van der Waals surface area contributed by atoms with E-state index in [1.807, 2.05) is 31.2 Å². The lowest BCUT2D eigenvalue weighted by atomic mass is 10.3. The molecule has 0 spiro atoms. The van der Waals surface area contributed by atoms with Crippen molar-refractivity contribution >= 4 is 17.0 Å². The number of fused-ring (bicyclic) bond motifs is 1. The summed E-state index contributed by atoms with van der Waals surface area (Å²) in [6.45, 7) is 3.88. The summed E-state index contributed by atoms with van der Waals surface area (Å²) in [6, 6.07) is 9.14. The van der Waals surface area contributed by atoms with Gasteiger partial charge in [-0.05, 0) is 25.5 Å². The minimum Gasteiger partial charge on any atom is -0.446 e. The van der Waals surface area contributed by atoms with Crippen LogP contribution < -0.4 is 5.69 Å². The number of hydrogen-bond donors (Lipinski definition) is 0. The fourth-order valence-corrected chi connectivity index (χ4v) is 2.25. The Labute approximate surface area is 122 Å². The van der Waals surface area contributed by atoms with E-state index in [0.29, 0.717) is 12.1 Å². The molecule has 2 rings (SSSR count). The number of rotatable bonds is 5. The van der Waals surface area contributed by atoms with Crippen molar-refractivity contribution < 1.29 is 9.53 Å². The van der Waals surface area contributed by atoms with Crippen molar-refractivity contribution in [1.82, 2.24) is 9.13 Å². The fraction of sp³-hybridized carbons (Fsp3) is 0.400. The average molecular weight is 287 g/mol. The number of nitrogens with zero attached hydrogens (tertiary/aromatic N) is 3. The molecule has 1 unspecified atom stereocenters. The van der Waals surface area contributed by atoms with Gasteiger partial charge in [0.1, 0.15) is 12.6 Å². The van der Waals surface area contributed by atoms with E-state index in [1.54, 1.807) is 10.6 Å². The van der Waals surface area contributed by atoms with E-state index in [0.717, 1.165) is 11.9 Å². The third-order valence-electron chi connectivity index (χ3n) is 3.15. The number of benzene rings is 1. The second kappa shape index (κ2) is 6.27. The second-order valence-corrected chi connectivity index (χ2v) is 4.77. The molecule has 0 fully saturated rings. The van der Waals surface area contributed by atoms with E-state index in [9.17, 15) is 9.59 Å². The van der Waals surface area contributed by atoms with E-state index in [2.05, 4.69) is 0 Å². The van der Waals surface area contributed by atoms with Crippen molar-refractivity contribution in [2.75, 3.05) is 0 Å². The predicted molar refractivity (Wildman–Crippen MR) is 77.7 cm³/mol. The van der Waals surface area contributed by atoms with Crippen LogP contribution in [0.1, 0.15) is 20.3 Å². The van der Waals surface area contributed by atoms with Crippen LogP contribution in [0.25, 0.3) is 11.0 Å². The Morgan fingerprint density at radius 2 is 1.95 bits per heavy atom. The summed E-state index contributed by atoms with van der Waals surface area (Å²) in [4.78, 5) is 24.2. The summed E-state index contributed by atoms with van der Waals surface area (Å²) in [5.74, 6) is -0.592. The lowest BCUT2D eigenvalue weighted by Gasteiger charge is -2.06. The largest absolute Gasteiger partial charge is 0.446 e. The van der Waals surface area contributed by atoms with E-state index < -0.39 is 12.1 Å². The monoisotopic (exact) mass is 287 g/mol. The Hall–Kier alpha value is -2.55. The molecular weight excluding hydrogens is 270 g/mol. The van der Waals surface area contributed by atoms with Crippen LogP contribution >= 0.6 is 0 Å². The summed E-state index contributed by atoms with van der Waals surface area (Å²) in [6.07, 6.45) is 0.00120. The maximum Gasteiger partial charge on any atom is 0.329 e. The third kappa shape index (κ3) is 2.97. The van der Waals surface area contributed by atoms with Crippen LogP contribution in [0.3, 0.4) is 0 Å². The number of carbonyl (C=O) groups excluding carboxylic acids is 1. The normalized spacial score (nSPS) is 12.0. The van der Waals surface area contributed by atoms with Gasteiger partial charge in [0.05, 0.1) is 11.0 Å². The number of para-hydroxylation sites is 2. The van der Waals surface area contributed by atoms with Gasteiger partial charge in [-0.25, -0.2) is 4.79 Å². The molecule has 6 heteroatoms. The molecule has 0 bridgehead atoms. The molecule has 6 nitrogen and oxygen atoms in total. The molecule has 0 saturated carbocycles. The zero-order valence-corrected chi connectivity index (χ0v) is 12.1. The van der Waals surface area contributed by atoms with Gasteiger partial charge in [-0.1, -0.05) is 19.1 Å². The van der Waals surface area contributed by atoms with Crippen LogP contribution in [-0.4, -0.2) is 21.2 Å². The van der Waals surface area contributed by atoms with Gasteiger partial charge in [0.15, 0.2) is 6.10 Å². The molecule has 1 heterocycles. The summed E-state index contributed by atoms with van der Waals surface area (Å²) in [5.41, 5.74) is 1.25. The van der Waals surface area contributed by atoms with Gasteiger partial charge >= 0.3 is 11.7 Å². The van der Waals surface area contributed by atoms with Crippen LogP contribution in [0.2, 0.25) is 0 Å². The second-order valence-electron chi connectivity index (χ2n) is 4.77. The van der Waals surface area contributed by atoms with E-state index >= 15 is 0 Å². The van der Waals surface area contributed by atoms with Crippen molar-refractivity contribution in [3.05, 3.63) is 34.7 Å². The molecule has 0 saturated heterocycles. The summed E-state index contributed by atoms with van der Waals surface area (Å²) in [5, 5.41) is 8.65. The van der Waals surface area contributed by atoms with Crippen molar-refractivity contribution in [1.29, 1.82) is 5.26 Å². The maximum atomic E-state index is 12.4. The summed E-state index contributed by atoms with van der Waals surface area (Å²) >= 11 is 0. The molecule has 1 atom stereocenters. The zero-order valence-electron chi connectivity index (χ0n) is 12.1. The molecule has 0 aliphatic carbocycles. The minimum absolute atomic E-state index is 0.192. The third-order valence-corrected chi connectivity index (χ3v) is 3.15. The molecule has 2 aromatic rings. The first kappa shape index (κ1) is 14.9. The van der Waals surface area contributed by atoms with E-state index in [4.69, 9.17) is 10.00 Å². The molecule has 0 N–H and O–H groups in total. The summed E-state index contributed by atoms with van der Waals surface area (Å²) in [7, 11) is 0. The van der Waals surface area contributed by atoms with E-state index in [1.165, 1.54) is 11.5 Å². The highest BCUT2D eigenvalue weighted by atomic mass is 16.5. The Morgan fingerprint density at radius 3 is 2.52 bits per heavy atom. The van der Waals surface area contributed by atoms with Crippen molar-refractivity contribution in [2.45, 2.75) is 39.5 Å². The van der Waals surface area contributed by atoms with Gasteiger partial charge < -0.3 is 4.74 Å². The van der Waals surface area contributed by atoms with Crippen LogP contribution in [0, 0.1) is 11.3 Å². The molecule has 1 aromatic heterocycles. The van der Waals surface area contributed by atoms with Gasteiger partial charge in [-0.3, -0.25) is 13.9 Å². The average Bonchev–Trinajstić information content (AvgIpc) is 2.73. The SMILES string of the molecule is CCCn1c(=O)n(CC(=O)OC(C)C#N)c2ccccc21. The molecule has 0 aliphatic heterocycles. The van der Waals surface area contributed by atoms with Crippen LogP contribution in [0.15, 0.2) is 29.1 Å². The number of nitriles is 1. The van der Waals surface area contributed by atoms with Crippen LogP contribution in [0.4, 0.5) is 0 Å². The van der Waals surface area contributed by atoms with Crippen LogP contribution in [0.5, 0.6) is 0 Å². The number of ether oxygens (including phenoxy) is 1. The minimum atomic E-state index is -0.822. The van der Waals surface area contributed by atoms with Crippen LogP contribution in [-0.2, 0) is 22.6 Å². The predicted octanol–water partition coefficient (Wildman–Crippen LogP) is 1.67. The molecule has 0 amide bonds. The first-order valence-corrected chi connectivity index (χ1v) is 6.85. The first-order chi connectivity index (χ1) is 10.1. The standard InChI is InChI=1S/C15H17N3O3/c1-3-8-17-12-6-4-5-7-13(12)18(15(17)20)10-14(19)21-11(2)9-16/h4-7,11H,3,8,10H2,1-2H3. The highest BCUT2D eigenvalue weighted by molar-refractivity contribution is 5.78. The Kier molecular flexibility index (Phi) is 4.43. The van der Waals surface area contributed by atoms with Gasteiger partial charge in [0.25, 0.3) is 0 Å². The maximum absolute atomic E-state index is 12.4. The van der Waals surface area contributed by atoms with Crippen molar-refractivity contribution in [3.8, 4) is 6.07 Å². The van der Waals surface area contributed by atoms with Crippen molar-refractivity contribution in [2.24, 2.45) is 0 Å². The Bertz CT molecular complexity index is 752. The number of aryl methyl sites for hydroxylation is 1. The molecular formula is C15H17N3O3. The smallest absolute Gasteiger partial charge is 0.329 e. The number of hydrogen-bond acceptors (Lipinski definition) is 4. The number of carbonyl (C=O) groups is 1. The van der Waals surface area contributed by atoms with Gasteiger partial charge in [-0.15, -0.1) is 0 Å². The first-order valence-electron chi connectivity index (χ1n) is 6.85. The number of esters is 1. The van der Waals surface area contributed by atoms with Gasteiger partial charge in [0, 0.05) is 6.54 Å². The van der Waals surface area contributed by atoms with Gasteiger partial charge in [-0.2, -0.15) is 5.26 Å². The highest BCUT2D eigenvalue weighted by Gasteiger charge is 2.16. The van der Waals surface area contributed by atoms with Crippen molar-refractivity contribution in [3.63, 3.8) is 0 Å². The molecule has 1 aromatic carbocycles. The highest BCUT2D eigenvalue weighted by Crippen LogP contribution is 2.13. The molecule has 110 valence electrons. The van der Waals surface area contributed by atoms with E-state index in [-0.39, 0.29) is 12.2 Å². The zero-order chi connectivity index (χ0) is 15.4. The molecule has 21 heavy (non-hydrogen) atoms. The molecule has 0 radical (unpaired) electrons. The lowest BCUT2D eigenvalue weighted by molar-refractivity contribution is -0.146. The topological polar surface area (TPSA) is 77.0 Å². The summed E-state index contributed by atoms with van der Waals surface area (Å²) < 4.78 is 7.94. The Balaban J connectivity index is 2.40. The Morgan fingerprint density at radius 1 is 1.33 bits per heavy atom. The lowest BCUT2D eigenvalue weighted by Crippen LogP contribution is -2.28. The van der Waals surface area contributed by atoms with Gasteiger partial charge in [0.2, 0.25) is 0 Å². The number of imidazole rings is 1.